The van der Waals surface area contributed by atoms with Crippen molar-refractivity contribution in [3.05, 3.63) is 35.9 Å². The van der Waals surface area contributed by atoms with Crippen LogP contribution in [-0.4, -0.2) is 57.0 Å². The quantitative estimate of drug-likeness (QED) is 0.222. The number of hydrogen-bond donors (Lipinski definition) is 3. The first kappa shape index (κ1) is 22.7. The number of benzene rings is 1. The smallest absolute Gasteiger partial charge is 0.223 e. The van der Waals surface area contributed by atoms with Gasteiger partial charge in [0.2, 0.25) is 5.91 Å². The third kappa shape index (κ3) is 7.90. The van der Waals surface area contributed by atoms with Gasteiger partial charge in [0.05, 0.1) is 12.6 Å². The first-order chi connectivity index (χ1) is 12.1. The molecule has 0 aromatic heterocycles. The molecule has 1 aliphatic rings. The average Bonchev–Trinajstić information content (AvgIpc) is 3.44. The van der Waals surface area contributed by atoms with E-state index in [0.717, 1.165) is 25.3 Å². The van der Waals surface area contributed by atoms with Crippen molar-refractivity contribution in [1.29, 1.82) is 0 Å². The van der Waals surface area contributed by atoms with Gasteiger partial charge in [0.25, 0.3) is 0 Å². The zero-order valence-electron chi connectivity index (χ0n) is 16.0. The second kappa shape index (κ2) is 12.1. The molecule has 0 heterocycles. The number of halogens is 1. The van der Waals surface area contributed by atoms with Crippen LogP contribution in [0.4, 0.5) is 0 Å². The normalized spacial score (nSPS) is 15.2. The molecular weight excluding hydrogens is 441 g/mol. The van der Waals surface area contributed by atoms with E-state index in [9.17, 15) is 4.79 Å². The number of carbonyl (C=O) groups is 1. The molecule has 1 unspecified atom stereocenters. The van der Waals surface area contributed by atoms with Crippen LogP contribution in [0.1, 0.15) is 31.4 Å². The van der Waals surface area contributed by atoms with E-state index in [1.807, 2.05) is 13.0 Å². The van der Waals surface area contributed by atoms with E-state index in [2.05, 4.69) is 59.2 Å². The molecule has 0 aliphatic heterocycles. The standard InChI is InChI=1S/C19H31N5O.HI/c1-4-20-19(22-13-12-21-18(25)16-10-11-16)23-14-17(24(2)3)15-8-6-5-7-9-15;/h5-9,16-17H,4,10-14H2,1-3H3,(H,21,25)(H2,20,22,23);1H. The summed E-state index contributed by atoms with van der Waals surface area (Å²) < 4.78 is 0. The van der Waals surface area contributed by atoms with Crippen LogP contribution >= 0.6 is 24.0 Å². The third-order valence-electron chi connectivity index (χ3n) is 4.24. The number of rotatable bonds is 9. The molecule has 1 aliphatic carbocycles. The fourth-order valence-corrected chi connectivity index (χ4v) is 2.62. The van der Waals surface area contributed by atoms with E-state index in [1.165, 1.54) is 5.56 Å². The Morgan fingerprint density at radius 2 is 1.81 bits per heavy atom. The molecule has 0 spiro atoms. The SMILES string of the molecule is CCNC(=NCC(c1ccccc1)N(C)C)NCCNC(=O)C1CC1.I. The maximum absolute atomic E-state index is 11.6. The van der Waals surface area contributed by atoms with Crippen LogP contribution in [0.15, 0.2) is 35.3 Å². The minimum absolute atomic E-state index is 0. The molecule has 1 fully saturated rings. The zero-order chi connectivity index (χ0) is 18.1. The predicted octanol–water partition coefficient (Wildman–Crippen LogP) is 1.99. The summed E-state index contributed by atoms with van der Waals surface area (Å²) in [7, 11) is 4.14. The van der Waals surface area contributed by atoms with Gasteiger partial charge in [0, 0.05) is 25.6 Å². The Hall–Kier alpha value is -1.35. The first-order valence-corrected chi connectivity index (χ1v) is 9.13. The summed E-state index contributed by atoms with van der Waals surface area (Å²) in [5.74, 6) is 1.22. The van der Waals surface area contributed by atoms with Crippen molar-refractivity contribution in [3.63, 3.8) is 0 Å². The van der Waals surface area contributed by atoms with Gasteiger partial charge in [0.1, 0.15) is 0 Å². The van der Waals surface area contributed by atoms with E-state index in [1.54, 1.807) is 0 Å². The van der Waals surface area contributed by atoms with E-state index in [0.29, 0.717) is 19.6 Å². The van der Waals surface area contributed by atoms with Crippen LogP contribution < -0.4 is 16.0 Å². The molecule has 1 aromatic carbocycles. The molecule has 6 nitrogen and oxygen atoms in total. The molecule has 1 aromatic rings. The second-order valence-electron chi connectivity index (χ2n) is 6.60. The van der Waals surface area contributed by atoms with Crippen LogP contribution in [0.5, 0.6) is 0 Å². The van der Waals surface area contributed by atoms with Crippen molar-refractivity contribution < 1.29 is 4.79 Å². The van der Waals surface area contributed by atoms with Gasteiger partial charge in [-0.3, -0.25) is 9.79 Å². The highest BCUT2D eigenvalue weighted by Gasteiger charge is 2.28. The highest BCUT2D eigenvalue weighted by molar-refractivity contribution is 14.0. The maximum Gasteiger partial charge on any atom is 0.223 e. The van der Waals surface area contributed by atoms with Gasteiger partial charge < -0.3 is 20.9 Å². The van der Waals surface area contributed by atoms with Gasteiger partial charge in [-0.2, -0.15) is 0 Å². The summed E-state index contributed by atoms with van der Waals surface area (Å²) in [4.78, 5) is 18.5. The Morgan fingerprint density at radius 1 is 1.15 bits per heavy atom. The summed E-state index contributed by atoms with van der Waals surface area (Å²) in [5, 5.41) is 9.50. The van der Waals surface area contributed by atoms with E-state index in [4.69, 9.17) is 4.99 Å². The fourth-order valence-electron chi connectivity index (χ4n) is 2.62. The van der Waals surface area contributed by atoms with Crippen molar-refractivity contribution in [3.8, 4) is 0 Å². The largest absolute Gasteiger partial charge is 0.357 e. The van der Waals surface area contributed by atoms with Crippen molar-refractivity contribution >= 4 is 35.8 Å². The van der Waals surface area contributed by atoms with Gasteiger partial charge in [-0.1, -0.05) is 30.3 Å². The third-order valence-corrected chi connectivity index (χ3v) is 4.24. The molecule has 146 valence electrons. The minimum Gasteiger partial charge on any atom is -0.357 e. The minimum atomic E-state index is 0. The highest BCUT2D eigenvalue weighted by Crippen LogP contribution is 2.28. The van der Waals surface area contributed by atoms with Crippen LogP contribution in [0.25, 0.3) is 0 Å². The number of amides is 1. The lowest BCUT2D eigenvalue weighted by Crippen LogP contribution is -2.42. The van der Waals surface area contributed by atoms with Gasteiger partial charge in [-0.05, 0) is 39.4 Å². The van der Waals surface area contributed by atoms with Crippen LogP contribution in [0.3, 0.4) is 0 Å². The topological polar surface area (TPSA) is 68.8 Å². The lowest BCUT2D eigenvalue weighted by molar-refractivity contribution is -0.122. The molecule has 0 saturated heterocycles. The summed E-state index contributed by atoms with van der Waals surface area (Å²) in [6.45, 7) is 4.81. The van der Waals surface area contributed by atoms with E-state index >= 15 is 0 Å². The zero-order valence-corrected chi connectivity index (χ0v) is 18.3. The molecule has 1 saturated carbocycles. The molecule has 26 heavy (non-hydrogen) atoms. The summed E-state index contributed by atoms with van der Waals surface area (Å²) in [6.07, 6.45) is 2.07. The Kier molecular flexibility index (Phi) is 10.6. The van der Waals surface area contributed by atoms with Gasteiger partial charge in [0.15, 0.2) is 5.96 Å². The summed E-state index contributed by atoms with van der Waals surface area (Å²) in [5.41, 5.74) is 1.25. The van der Waals surface area contributed by atoms with E-state index in [-0.39, 0.29) is 41.8 Å². The number of hydrogen-bond acceptors (Lipinski definition) is 3. The van der Waals surface area contributed by atoms with Crippen molar-refractivity contribution in [1.82, 2.24) is 20.9 Å². The van der Waals surface area contributed by atoms with Gasteiger partial charge in [-0.15, -0.1) is 24.0 Å². The number of nitrogens with zero attached hydrogens (tertiary/aromatic N) is 2. The molecule has 1 amide bonds. The second-order valence-corrected chi connectivity index (χ2v) is 6.60. The Balaban J connectivity index is 0.00000338. The predicted molar refractivity (Wildman–Crippen MR) is 118 cm³/mol. The molecule has 0 bridgehead atoms. The Morgan fingerprint density at radius 3 is 2.38 bits per heavy atom. The molecule has 0 radical (unpaired) electrons. The first-order valence-electron chi connectivity index (χ1n) is 9.13. The van der Waals surface area contributed by atoms with Crippen molar-refractivity contribution in [2.45, 2.75) is 25.8 Å². The monoisotopic (exact) mass is 473 g/mol. The molecular formula is C19H32IN5O. The maximum atomic E-state index is 11.6. The Bertz CT molecular complexity index is 560. The molecule has 7 heteroatoms. The average molecular weight is 473 g/mol. The van der Waals surface area contributed by atoms with Gasteiger partial charge >= 0.3 is 0 Å². The number of nitrogens with one attached hydrogen (secondary N) is 3. The Labute approximate surface area is 174 Å². The van der Waals surface area contributed by atoms with Crippen molar-refractivity contribution in [2.75, 3.05) is 40.3 Å². The number of aliphatic imine (C=N–C) groups is 1. The van der Waals surface area contributed by atoms with Crippen LogP contribution in [0.2, 0.25) is 0 Å². The lowest BCUT2D eigenvalue weighted by atomic mass is 10.1. The van der Waals surface area contributed by atoms with E-state index < -0.39 is 0 Å². The number of guanidine groups is 1. The lowest BCUT2D eigenvalue weighted by Gasteiger charge is -2.23. The molecule has 2 rings (SSSR count). The number of carbonyl (C=O) groups excluding carboxylic acids is 1. The summed E-state index contributed by atoms with van der Waals surface area (Å²) >= 11 is 0. The number of likely N-dealkylation sites (N-methyl/N-ethyl adjacent to an activating group) is 1. The highest BCUT2D eigenvalue weighted by atomic mass is 127. The molecule has 1 atom stereocenters. The van der Waals surface area contributed by atoms with Crippen LogP contribution in [0, 0.1) is 5.92 Å². The van der Waals surface area contributed by atoms with Crippen LogP contribution in [-0.2, 0) is 4.79 Å². The fraction of sp³-hybridized carbons (Fsp3) is 0.579. The van der Waals surface area contributed by atoms with Crippen molar-refractivity contribution in [2.24, 2.45) is 10.9 Å². The summed E-state index contributed by atoms with van der Waals surface area (Å²) in [6, 6.07) is 10.6. The molecule has 3 N–H and O–H groups in total. The van der Waals surface area contributed by atoms with Gasteiger partial charge in [-0.25, -0.2) is 0 Å².